The van der Waals surface area contributed by atoms with Crippen molar-refractivity contribution in [1.82, 2.24) is 9.88 Å². The van der Waals surface area contributed by atoms with Gasteiger partial charge in [0.1, 0.15) is 11.9 Å². The van der Waals surface area contributed by atoms with Crippen molar-refractivity contribution >= 4 is 29.3 Å². The van der Waals surface area contributed by atoms with Crippen molar-refractivity contribution in [2.24, 2.45) is 0 Å². The molecule has 1 N–H and O–H groups in total. The maximum Gasteiger partial charge on any atom is 0.254 e. The molecule has 1 atom stereocenters. The molecule has 1 saturated heterocycles. The summed E-state index contributed by atoms with van der Waals surface area (Å²) < 4.78 is 5.38. The van der Waals surface area contributed by atoms with E-state index in [1.165, 1.54) is 11.1 Å². The molecule has 31 heavy (non-hydrogen) atoms. The van der Waals surface area contributed by atoms with Crippen molar-refractivity contribution in [3.63, 3.8) is 0 Å². The Bertz CT molecular complexity index is 961. The van der Waals surface area contributed by atoms with Crippen LogP contribution in [0.25, 0.3) is 11.6 Å². The summed E-state index contributed by atoms with van der Waals surface area (Å²) in [7, 11) is 0. The van der Waals surface area contributed by atoms with Crippen molar-refractivity contribution in [2.75, 3.05) is 25.0 Å². The van der Waals surface area contributed by atoms with Gasteiger partial charge in [-0.1, -0.05) is 36.4 Å². The number of anilines is 1. The fourth-order valence-corrected chi connectivity index (χ4v) is 3.84. The molecule has 0 spiro atoms. The van der Waals surface area contributed by atoms with Crippen LogP contribution in [0.3, 0.4) is 0 Å². The molecule has 0 bridgehead atoms. The highest BCUT2D eigenvalue weighted by atomic mass is 16.5. The third-order valence-corrected chi connectivity index (χ3v) is 5.58. The number of carbonyl (C=O) groups is 2. The first-order chi connectivity index (χ1) is 15.2. The first-order valence-corrected chi connectivity index (χ1v) is 10.8. The van der Waals surface area contributed by atoms with Crippen LogP contribution in [0.2, 0.25) is 0 Å². The molecule has 1 aromatic heterocycles. The van der Waals surface area contributed by atoms with Crippen molar-refractivity contribution in [2.45, 2.75) is 31.8 Å². The third-order valence-electron chi connectivity index (χ3n) is 5.58. The van der Waals surface area contributed by atoms with Crippen LogP contribution in [0.15, 0.2) is 60.8 Å². The van der Waals surface area contributed by atoms with Crippen LogP contribution in [-0.2, 0) is 14.3 Å². The summed E-state index contributed by atoms with van der Waals surface area (Å²) in [6.45, 7) is 2.05. The molecule has 4 rings (SSSR count). The molecule has 2 aromatic rings. The molecule has 2 aliphatic rings. The Hall–Kier alpha value is -3.25. The largest absolute Gasteiger partial charge is 0.368 e. The fraction of sp³-hybridized carbons (Fsp3) is 0.320. The molecular formula is C25H27N3O3. The van der Waals surface area contributed by atoms with E-state index in [1.54, 1.807) is 24.4 Å². The SMILES string of the molecule is O=C(Nc1ccc(C=CC(=O)N2CCC=C(c3ccccc3)CC2)cn1)C1CCCO1. The number of carbonyl (C=O) groups excluding carboxylic acids is 2. The Labute approximate surface area is 182 Å². The predicted molar refractivity (Wildman–Crippen MR) is 121 cm³/mol. The van der Waals surface area contributed by atoms with Gasteiger partial charge in [-0.2, -0.15) is 0 Å². The van der Waals surface area contributed by atoms with E-state index in [0.29, 0.717) is 25.5 Å². The van der Waals surface area contributed by atoms with Gasteiger partial charge in [-0.15, -0.1) is 0 Å². The minimum atomic E-state index is -0.385. The van der Waals surface area contributed by atoms with Gasteiger partial charge in [0.25, 0.3) is 5.91 Å². The van der Waals surface area contributed by atoms with Gasteiger partial charge in [-0.05, 0) is 60.6 Å². The Kier molecular flexibility index (Phi) is 6.89. The van der Waals surface area contributed by atoms with Crippen LogP contribution >= 0.6 is 0 Å². The van der Waals surface area contributed by atoms with E-state index >= 15 is 0 Å². The van der Waals surface area contributed by atoms with Crippen LogP contribution in [0.5, 0.6) is 0 Å². The maximum atomic E-state index is 12.7. The standard InChI is InChI=1S/C25H27N3O3/c29-24(28-15-4-8-21(14-16-28)20-6-2-1-3-7-20)13-11-19-10-12-23(26-18-19)27-25(30)22-9-5-17-31-22/h1-3,6-8,10-13,18,22H,4-5,9,14-17H2,(H,26,27,30). The molecular weight excluding hydrogens is 390 g/mol. The number of benzene rings is 1. The van der Waals surface area contributed by atoms with Gasteiger partial charge in [0.15, 0.2) is 0 Å². The van der Waals surface area contributed by atoms with Crippen molar-refractivity contribution < 1.29 is 14.3 Å². The summed E-state index contributed by atoms with van der Waals surface area (Å²) >= 11 is 0. The van der Waals surface area contributed by atoms with E-state index in [2.05, 4.69) is 28.5 Å². The first kappa shape index (κ1) is 21.0. The summed E-state index contributed by atoms with van der Waals surface area (Å²) in [4.78, 5) is 30.9. The molecule has 6 nitrogen and oxygen atoms in total. The average molecular weight is 418 g/mol. The van der Waals surface area contributed by atoms with Crippen LogP contribution in [0.1, 0.15) is 36.8 Å². The average Bonchev–Trinajstić information content (AvgIpc) is 3.24. The van der Waals surface area contributed by atoms with Crippen molar-refractivity contribution in [1.29, 1.82) is 0 Å². The topological polar surface area (TPSA) is 71.5 Å². The predicted octanol–water partition coefficient (Wildman–Crippen LogP) is 3.92. The summed E-state index contributed by atoms with van der Waals surface area (Å²) in [5.41, 5.74) is 3.33. The zero-order valence-electron chi connectivity index (χ0n) is 17.5. The smallest absolute Gasteiger partial charge is 0.254 e. The molecule has 0 radical (unpaired) electrons. The summed E-state index contributed by atoms with van der Waals surface area (Å²) in [6, 6.07) is 13.9. The second-order valence-corrected chi connectivity index (χ2v) is 7.76. The lowest BCUT2D eigenvalue weighted by molar-refractivity contribution is -0.126. The second-order valence-electron chi connectivity index (χ2n) is 7.76. The molecule has 0 aliphatic carbocycles. The number of pyridine rings is 1. The van der Waals surface area contributed by atoms with Crippen molar-refractivity contribution in [3.05, 3.63) is 71.9 Å². The normalized spacial score (nSPS) is 19.2. The number of hydrogen-bond donors (Lipinski definition) is 1. The first-order valence-electron chi connectivity index (χ1n) is 10.8. The van der Waals surface area contributed by atoms with E-state index < -0.39 is 0 Å². The Morgan fingerprint density at radius 3 is 2.74 bits per heavy atom. The van der Waals surface area contributed by atoms with Gasteiger partial charge < -0.3 is 15.0 Å². The molecule has 3 heterocycles. The minimum absolute atomic E-state index is 0.00141. The number of ether oxygens (including phenoxy) is 1. The lowest BCUT2D eigenvalue weighted by atomic mass is 10.0. The zero-order valence-corrected chi connectivity index (χ0v) is 17.5. The van der Waals surface area contributed by atoms with Gasteiger partial charge in [0.2, 0.25) is 5.91 Å². The van der Waals surface area contributed by atoms with Gasteiger partial charge >= 0.3 is 0 Å². The molecule has 160 valence electrons. The molecule has 0 saturated carbocycles. The monoisotopic (exact) mass is 417 g/mol. The van der Waals surface area contributed by atoms with E-state index in [-0.39, 0.29) is 17.9 Å². The maximum absolute atomic E-state index is 12.7. The molecule has 2 aliphatic heterocycles. The Morgan fingerprint density at radius 2 is 2.00 bits per heavy atom. The lowest BCUT2D eigenvalue weighted by Crippen LogP contribution is -2.30. The highest BCUT2D eigenvalue weighted by molar-refractivity contribution is 5.94. The van der Waals surface area contributed by atoms with Crippen LogP contribution < -0.4 is 5.32 Å². The summed E-state index contributed by atoms with van der Waals surface area (Å²) in [5, 5.41) is 2.77. The van der Waals surface area contributed by atoms with Gasteiger partial charge in [-0.3, -0.25) is 9.59 Å². The van der Waals surface area contributed by atoms with E-state index in [0.717, 1.165) is 31.2 Å². The highest BCUT2D eigenvalue weighted by Crippen LogP contribution is 2.22. The number of nitrogens with one attached hydrogen (secondary N) is 1. The summed E-state index contributed by atoms with van der Waals surface area (Å²) in [5.74, 6) is 0.322. The Morgan fingerprint density at radius 1 is 1.13 bits per heavy atom. The van der Waals surface area contributed by atoms with Crippen LogP contribution in [0.4, 0.5) is 5.82 Å². The van der Waals surface area contributed by atoms with E-state index in [4.69, 9.17) is 4.74 Å². The number of rotatable bonds is 5. The number of hydrogen-bond acceptors (Lipinski definition) is 4. The van der Waals surface area contributed by atoms with E-state index in [9.17, 15) is 9.59 Å². The van der Waals surface area contributed by atoms with Gasteiger partial charge in [0, 0.05) is 32.0 Å². The molecule has 2 amide bonds. The quantitative estimate of drug-likeness (QED) is 0.749. The second kappa shape index (κ2) is 10.2. The van der Waals surface area contributed by atoms with Gasteiger partial charge in [0.05, 0.1) is 0 Å². The number of aromatic nitrogens is 1. The molecule has 1 unspecified atom stereocenters. The number of amides is 2. The molecule has 6 heteroatoms. The Balaban J connectivity index is 1.29. The number of nitrogens with zero attached hydrogens (tertiary/aromatic N) is 2. The van der Waals surface area contributed by atoms with Gasteiger partial charge in [-0.25, -0.2) is 4.98 Å². The van der Waals surface area contributed by atoms with Crippen LogP contribution in [-0.4, -0.2) is 47.5 Å². The van der Waals surface area contributed by atoms with Crippen molar-refractivity contribution in [3.8, 4) is 0 Å². The minimum Gasteiger partial charge on any atom is -0.368 e. The fourth-order valence-electron chi connectivity index (χ4n) is 3.84. The molecule has 1 fully saturated rings. The molecule has 1 aromatic carbocycles. The van der Waals surface area contributed by atoms with E-state index in [1.807, 2.05) is 29.2 Å². The summed E-state index contributed by atoms with van der Waals surface area (Å²) in [6.07, 6.45) is 10.2. The zero-order chi connectivity index (χ0) is 21.5. The van der Waals surface area contributed by atoms with Crippen LogP contribution in [0, 0.1) is 0 Å². The highest BCUT2D eigenvalue weighted by Gasteiger charge is 2.23. The third kappa shape index (κ3) is 5.67. The lowest BCUT2D eigenvalue weighted by Gasteiger charge is -2.18.